The normalized spacial score (nSPS) is 15.5. The molecule has 0 unspecified atom stereocenters. The van der Waals surface area contributed by atoms with Gasteiger partial charge in [-0.2, -0.15) is 5.10 Å². The maximum atomic E-state index is 13.8. The first-order valence-corrected chi connectivity index (χ1v) is 9.97. The smallest absolute Gasteiger partial charge is 0.255 e. The summed E-state index contributed by atoms with van der Waals surface area (Å²) in [5, 5.41) is 4.45. The number of ether oxygens (including phenoxy) is 1. The minimum atomic E-state index is -1.50. The number of carbonyl (C=O) groups is 1. The topological polar surface area (TPSA) is 60.2 Å². The molecule has 0 N–H and O–H groups in total. The van der Waals surface area contributed by atoms with Gasteiger partial charge in [-0.1, -0.05) is 0 Å². The van der Waals surface area contributed by atoms with Crippen LogP contribution in [0.1, 0.15) is 32.9 Å². The highest BCUT2D eigenvalue weighted by atomic mass is 19.2. The van der Waals surface area contributed by atoms with Gasteiger partial charge in [0, 0.05) is 48.6 Å². The van der Waals surface area contributed by atoms with Gasteiger partial charge in [-0.3, -0.25) is 14.5 Å². The Morgan fingerprint density at radius 3 is 2.65 bits per heavy atom. The number of aryl methyl sites for hydroxylation is 1. The van der Waals surface area contributed by atoms with Gasteiger partial charge in [0.25, 0.3) is 5.91 Å². The second kappa shape index (κ2) is 7.49. The van der Waals surface area contributed by atoms with Crippen molar-refractivity contribution in [1.82, 2.24) is 19.7 Å². The molecule has 1 aromatic carbocycles. The fourth-order valence-electron chi connectivity index (χ4n) is 4.29. The van der Waals surface area contributed by atoms with Crippen LogP contribution in [0.4, 0.5) is 13.2 Å². The molecule has 4 heterocycles. The Kier molecular flexibility index (Phi) is 4.77. The zero-order valence-electron chi connectivity index (χ0n) is 16.8. The lowest BCUT2D eigenvalue weighted by Crippen LogP contribution is -2.36. The molecule has 0 saturated heterocycles. The minimum absolute atomic E-state index is 0.155. The Labute approximate surface area is 176 Å². The van der Waals surface area contributed by atoms with Crippen LogP contribution in [0.15, 0.2) is 24.4 Å². The molecule has 160 valence electrons. The summed E-state index contributed by atoms with van der Waals surface area (Å²) in [6.07, 6.45) is 2.79. The van der Waals surface area contributed by atoms with Crippen LogP contribution in [-0.4, -0.2) is 38.7 Å². The summed E-state index contributed by atoms with van der Waals surface area (Å²) < 4.78 is 47.9. The van der Waals surface area contributed by atoms with Gasteiger partial charge in [-0.15, -0.1) is 0 Å². The lowest BCUT2D eigenvalue weighted by Gasteiger charge is -2.27. The van der Waals surface area contributed by atoms with Crippen LogP contribution in [0.25, 0.3) is 11.3 Å². The van der Waals surface area contributed by atoms with E-state index >= 15 is 0 Å². The molecule has 0 bridgehead atoms. The number of benzene rings is 1. The van der Waals surface area contributed by atoms with Gasteiger partial charge in [0.2, 0.25) is 0 Å². The van der Waals surface area contributed by atoms with E-state index in [2.05, 4.69) is 10.1 Å². The van der Waals surface area contributed by atoms with Crippen LogP contribution in [-0.2, 0) is 37.8 Å². The molecule has 0 spiro atoms. The predicted molar refractivity (Wildman–Crippen MR) is 105 cm³/mol. The van der Waals surface area contributed by atoms with E-state index in [4.69, 9.17) is 4.74 Å². The highest BCUT2D eigenvalue weighted by Crippen LogP contribution is 2.32. The van der Waals surface area contributed by atoms with Gasteiger partial charge in [0.05, 0.1) is 36.7 Å². The number of hydrogen-bond acceptors (Lipinski definition) is 4. The number of nitrogens with zero attached hydrogens (tertiary/aromatic N) is 4. The monoisotopic (exact) mass is 428 g/mol. The summed E-state index contributed by atoms with van der Waals surface area (Å²) in [5.41, 5.74) is 4.56. The molecule has 31 heavy (non-hydrogen) atoms. The summed E-state index contributed by atoms with van der Waals surface area (Å²) in [7, 11) is 1.66. The molecule has 5 rings (SSSR count). The highest BCUT2D eigenvalue weighted by Gasteiger charge is 2.29. The van der Waals surface area contributed by atoms with Crippen LogP contribution in [0.5, 0.6) is 0 Å². The number of pyridine rings is 1. The molecule has 0 radical (unpaired) electrons. The first-order valence-electron chi connectivity index (χ1n) is 9.97. The van der Waals surface area contributed by atoms with Crippen molar-refractivity contribution in [2.75, 3.05) is 13.2 Å². The van der Waals surface area contributed by atoms with Gasteiger partial charge >= 0.3 is 0 Å². The van der Waals surface area contributed by atoms with Crippen molar-refractivity contribution in [2.24, 2.45) is 7.05 Å². The molecule has 0 fully saturated rings. The van der Waals surface area contributed by atoms with Gasteiger partial charge in [0.15, 0.2) is 17.5 Å². The predicted octanol–water partition coefficient (Wildman–Crippen LogP) is 3.17. The number of fused-ring (bicyclic) bond motifs is 2. The van der Waals surface area contributed by atoms with Crippen LogP contribution < -0.4 is 0 Å². The Balaban J connectivity index is 1.43. The molecule has 1 amide bonds. The molecule has 6 nitrogen and oxygen atoms in total. The molecular weight excluding hydrogens is 409 g/mol. The summed E-state index contributed by atoms with van der Waals surface area (Å²) in [6, 6.07) is 3.76. The van der Waals surface area contributed by atoms with Crippen LogP contribution in [0.3, 0.4) is 0 Å². The van der Waals surface area contributed by atoms with E-state index in [9.17, 15) is 18.0 Å². The van der Waals surface area contributed by atoms with Crippen LogP contribution in [0, 0.1) is 17.5 Å². The van der Waals surface area contributed by atoms with Gasteiger partial charge in [-0.05, 0) is 24.6 Å². The fourth-order valence-corrected chi connectivity index (χ4v) is 4.29. The number of hydrogen-bond donors (Lipinski definition) is 0. The number of halogens is 3. The molecule has 9 heteroatoms. The molecular formula is C22H19F3N4O2. The van der Waals surface area contributed by atoms with Crippen LogP contribution in [0.2, 0.25) is 0 Å². The third-order valence-electron chi connectivity index (χ3n) is 5.79. The minimum Gasteiger partial charge on any atom is -0.376 e. The standard InChI is InChI=1S/C22H19F3N4O2/c1-28-21(12-7-16(23)20(25)17(24)8-12)15-2-4-29(10-19(15)27-28)22(30)13-6-14-11-31-5-3-18(14)26-9-13/h6-9H,2-5,10-11H2,1H3. The van der Waals surface area contributed by atoms with Crippen molar-refractivity contribution < 1.29 is 22.7 Å². The van der Waals surface area contributed by atoms with E-state index in [-0.39, 0.29) is 18.0 Å². The average molecular weight is 428 g/mol. The zero-order chi connectivity index (χ0) is 21.7. The maximum absolute atomic E-state index is 13.8. The van der Waals surface area contributed by atoms with Crippen molar-refractivity contribution in [2.45, 2.75) is 26.0 Å². The molecule has 2 aromatic heterocycles. The summed E-state index contributed by atoms with van der Waals surface area (Å²) in [5.74, 6) is -4.15. The quantitative estimate of drug-likeness (QED) is 0.589. The highest BCUT2D eigenvalue weighted by molar-refractivity contribution is 5.94. The fraction of sp³-hybridized carbons (Fsp3) is 0.318. The van der Waals surface area contributed by atoms with Crippen molar-refractivity contribution in [3.8, 4) is 11.3 Å². The Morgan fingerprint density at radius 1 is 1.10 bits per heavy atom. The summed E-state index contributed by atoms with van der Waals surface area (Å²) in [4.78, 5) is 19.1. The van der Waals surface area contributed by atoms with Crippen molar-refractivity contribution in [3.05, 3.63) is 69.9 Å². The number of carbonyl (C=O) groups excluding carboxylic acids is 1. The largest absolute Gasteiger partial charge is 0.376 e. The number of rotatable bonds is 2. The second-order valence-corrected chi connectivity index (χ2v) is 7.76. The van der Waals surface area contributed by atoms with E-state index in [0.29, 0.717) is 43.1 Å². The molecule has 2 aliphatic heterocycles. The van der Waals surface area contributed by atoms with E-state index in [1.807, 2.05) is 6.07 Å². The Hall–Kier alpha value is -3.20. The molecule has 0 saturated carbocycles. The van der Waals surface area contributed by atoms with Gasteiger partial charge in [-0.25, -0.2) is 13.2 Å². The van der Waals surface area contributed by atoms with Gasteiger partial charge in [0.1, 0.15) is 0 Å². The van der Waals surface area contributed by atoms with E-state index < -0.39 is 17.5 Å². The van der Waals surface area contributed by atoms with E-state index in [0.717, 1.165) is 35.4 Å². The average Bonchev–Trinajstić information content (AvgIpc) is 3.11. The third kappa shape index (κ3) is 3.38. The number of amides is 1. The Bertz CT molecular complexity index is 1180. The molecule has 0 aliphatic carbocycles. The van der Waals surface area contributed by atoms with Crippen molar-refractivity contribution >= 4 is 5.91 Å². The molecule has 0 atom stereocenters. The first-order chi connectivity index (χ1) is 14.9. The second-order valence-electron chi connectivity index (χ2n) is 7.76. The zero-order valence-corrected chi connectivity index (χ0v) is 16.8. The van der Waals surface area contributed by atoms with Crippen LogP contribution >= 0.6 is 0 Å². The maximum Gasteiger partial charge on any atom is 0.255 e. The van der Waals surface area contributed by atoms with Crippen molar-refractivity contribution in [1.29, 1.82) is 0 Å². The number of aromatic nitrogens is 3. The van der Waals surface area contributed by atoms with Gasteiger partial charge < -0.3 is 9.64 Å². The van der Waals surface area contributed by atoms with E-state index in [1.54, 1.807) is 18.1 Å². The SMILES string of the molecule is Cn1nc2c(c1-c1cc(F)c(F)c(F)c1)CCN(C(=O)c1cnc3c(c1)COCC3)C2. The lowest BCUT2D eigenvalue weighted by atomic mass is 9.99. The summed E-state index contributed by atoms with van der Waals surface area (Å²) in [6.45, 7) is 1.76. The van der Waals surface area contributed by atoms with Crippen molar-refractivity contribution in [3.63, 3.8) is 0 Å². The Morgan fingerprint density at radius 2 is 1.87 bits per heavy atom. The third-order valence-corrected chi connectivity index (χ3v) is 5.79. The molecule has 2 aliphatic rings. The van der Waals surface area contributed by atoms with E-state index in [1.165, 1.54) is 4.68 Å². The lowest BCUT2D eigenvalue weighted by molar-refractivity contribution is 0.0730. The summed E-state index contributed by atoms with van der Waals surface area (Å²) >= 11 is 0. The first kappa shape index (κ1) is 19.7. The molecule has 3 aromatic rings.